The molecule has 0 spiro atoms. The van der Waals surface area contributed by atoms with Gasteiger partial charge in [-0.25, -0.2) is 4.79 Å². The van der Waals surface area contributed by atoms with Gasteiger partial charge >= 0.3 is 6.03 Å². The number of nitrogens with two attached hydrogens (primary N) is 1. The third-order valence-electron chi connectivity index (χ3n) is 4.87. The van der Waals surface area contributed by atoms with E-state index in [1.165, 1.54) is 0 Å². The van der Waals surface area contributed by atoms with E-state index in [2.05, 4.69) is 10.6 Å². The first-order chi connectivity index (χ1) is 13.0. The lowest BCUT2D eigenvalue weighted by Gasteiger charge is -2.33. The molecule has 2 aromatic carbocycles. The van der Waals surface area contributed by atoms with Gasteiger partial charge in [0.1, 0.15) is 6.04 Å². The number of para-hydroxylation sites is 1. The molecule has 0 bridgehead atoms. The zero-order chi connectivity index (χ0) is 19.2. The molecule has 6 heteroatoms. The van der Waals surface area contributed by atoms with Crippen LogP contribution in [0.25, 0.3) is 0 Å². The molecule has 1 fully saturated rings. The predicted molar refractivity (Wildman–Crippen MR) is 106 cm³/mol. The number of amides is 3. The third kappa shape index (κ3) is 5.08. The summed E-state index contributed by atoms with van der Waals surface area (Å²) in [6.07, 6.45) is 1.43. The fraction of sp³-hybridized carbons (Fsp3) is 0.333. The molecule has 0 aliphatic carbocycles. The summed E-state index contributed by atoms with van der Waals surface area (Å²) in [5, 5.41) is 5.91. The van der Waals surface area contributed by atoms with Gasteiger partial charge in [0.15, 0.2) is 0 Å². The molecule has 3 rings (SSSR count). The fourth-order valence-corrected chi connectivity index (χ4v) is 3.17. The SMILES string of the molecule is Cc1ccc(C(N)C(=O)NC2CCN(C(=O)Nc3ccccc3)CC2)cc1. The number of hydrogen-bond donors (Lipinski definition) is 3. The number of piperidine rings is 1. The highest BCUT2D eigenvalue weighted by atomic mass is 16.2. The normalized spacial score (nSPS) is 15.9. The summed E-state index contributed by atoms with van der Waals surface area (Å²) in [6.45, 7) is 3.20. The van der Waals surface area contributed by atoms with E-state index in [1.807, 2.05) is 61.5 Å². The Morgan fingerprint density at radius 2 is 1.67 bits per heavy atom. The molecule has 1 saturated heterocycles. The molecule has 142 valence electrons. The van der Waals surface area contributed by atoms with Gasteiger partial charge in [-0.3, -0.25) is 4.79 Å². The Balaban J connectivity index is 1.46. The first-order valence-corrected chi connectivity index (χ1v) is 9.26. The van der Waals surface area contributed by atoms with E-state index in [9.17, 15) is 9.59 Å². The number of nitrogens with one attached hydrogen (secondary N) is 2. The van der Waals surface area contributed by atoms with Gasteiger partial charge in [0, 0.05) is 24.8 Å². The van der Waals surface area contributed by atoms with Gasteiger partial charge in [0.25, 0.3) is 0 Å². The zero-order valence-electron chi connectivity index (χ0n) is 15.5. The molecule has 3 amide bonds. The summed E-state index contributed by atoms with van der Waals surface area (Å²) < 4.78 is 0. The van der Waals surface area contributed by atoms with Gasteiger partial charge in [0.2, 0.25) is 5.91 Å². The van der Waals surface area contributed by atoms with E-state index < -0.39 is 6.04 Å². The summed E-state index contributed by atoms with van der Waals surface area (Å²) >= 11 is 0. The van der Waals surface area contributed by atoms with Crippen molar-refractivity contribution in [3.8, 4) is 0 Å². The van der Waals surface area contributed by atoms with Crippen molar-refractivity contribution < 1.29 is 9.59 Å². The van der Waals surface area contributed by atoms with Gasteiger partial charge < -0.3 is 21.3 Å². The van der Waals surface area contributed by atoms with Crippen molar-refractivity contribution in [2.24, 2.45) is 5.73 Å². The fourth-order valence-electron chi connectivity index (χ4n) is 3.17. The highest BCUT2D eigenvalue weighted by molar-refractivity contribution is 5.89. The maximum Gasteiger partial charge on any atom is 0.321 e. The molecule has 1 heterocycles. The number of rotatable bonds is 4. The van der Waals surface area contributed by atoms with E-state index >= 15 is 0 Å². The lowest BCUT2D eigenvalue weighted by atomic mass is 10.0. The Bertz CT molecular complexity index is 769. The maximum absolute atomic E-state index is 12.4. The second-order valence-electron chi connectivity index (χ2n) is 6.95. The van der Waals surface area contributed by atoms with Crippen molar-refractivity contribution in [1.29, 1.82) is 0 Å². The molecular formula is C21H26N4O2. The van der Waals surface area contributed by atoms with E-state index in [-0.39, 0.29) is 18.0 Å². The average molecular weight is 366 g/mol. The predicted octanol–water partition coefficient (Wildman–Crippen LogP) is 2.81. The Morgan fingerprint density at radius 1 is 1.04 bits per heavy atom. The zero-order valence-corrected chi connectivity index (χ0v) is 15.5. The number of carbonyl (C=O) groups is 2. The van der Waals surface area contributed by atoms with Crippen molar-refractivity contribution >= 4 is 17.6 Å². The minimum atomic E-state index is -0.676. The molecular weight excluding hydrogens is 340 g/mol. The lowest BCUT2D eigenvalue weighted by molar-refractivity contribution is -0.123. The third-order valence-corrected chi connectivity index (χ3v) is 4.87. The van der Waals surface area contributed by atoms with Gasteiger partial charge in [-0.2, -0.15) is 0 Å². The number of aryl methyl sites for hydroxylation is 1. The van der Waals surface area contributed by atoms with E-state index in [4.69, 9.17) is 5.73 Å². The van der Waals surface area contributed by atoms with Crippen molar-refractivity contribution in [3.63, 3.8) is 0 Å². The second kappa shape index (κ2) is 8.68. The van der Waals surface area contributed by atoms with Crippen LogP contribution in [-0.4, -0.2) is 36.0 Å². The number of anilines is 1. The van der Waals surface area contributed by atoms with Crippen molar-refractivity contribution in [2.75, 3.05) is 18.4 Å². The van der Waals surface area contributed by atoms with Crippen molar-refractivity contribution in [2.45, 2.75) is 31.8 Å². The number of hydrogen-bond acceptors (Lipinski definition) is 3. The number of carbonyl (C=O) groups excluding carboxylic acids is 2. The van der Waals surface area contributed by atoms with Crippen molar-refractivity contribution in [1.82, 2.24) is 10.2 Å². The van der Waals surface area contributed by atoms with E-state index in [0.29, 0.717) is 25.9 Å². The standard InChI is InChI=1S/C21H26N4O2/c1-15-7-9-16(10-8-15)19(22)20(26)23-18-11-13-25(14-12-18)21(27)24-17-5-3-2-4-6-17/h2-10,18-19H,11-14,22H2,1H3,(H,23,26)(H,24,27). The molecule has 27 heavy (non-hydrogen) atoms. The van der Waals surface area contributed by atoms with Crippen LogP contribution in [0, 0.1) is 6.92 Å². The van der Waals surface area contributed by atoms with Crippen LogP contribution in [0.5, 0.6) is 0 Å². The van der Waals surface area contributed by atoms with E-state index in [1.54, 1.807) is 4.90 Å². The minimum absolute atomic E-state index is 0.0368. The number of nitrogens with zero attached hydrogens (tertiary/aromatic N) is 1. The monoisotopic (exact) mass is 366 g/mol. The molecule has 0 aromatic heterocycles. The van der Waals surface area contributed by atoms with Gasteiger partial charge in [0.05, 0.1) is 0 Å². The Morgan fingerprint density at radius 3 is 2.30 bits per heavy atom. The number of likely N-dealkylation sites (tertiary alicyclic amines) is 1. The van der Waals surface area contributed by atoms with Crippen LogP contribution in [0.1, 0.15) is 30.0 Å². The van der Waals surface area contributed by atoms with E-state index in [0.717, 1.165) is 16.8 Å². The highest BCUT2D eigenvalue weighted by Gasteiger charge is 2.25. The van der Waals surface area contributed by atoms with Gasteiger partial charge in [-0.05, 0) is 37.5 Å². The highest BCUT2D eigenvalue weighted by Crippen LogP contribution is 2.16. The first-order valence-electron chi connectivity index (χ1n) is 9.26. The molecule has 0 radical (unpaired) electrons. The molecule has 1 unspecified atom stereocenters. The summed E-state index contributed by atoms with van der Waals surface area (Å²) in [4.78, 5) is 26.5. The van der Waals surface area contributed by atoms with Crippen molar-refractivity contribution in [3.05, 3.63) is 65.7 Å². The quantitative estimate of drug-likeness (QED) is 0.777. The Labute approximate surface area is 159 Å². The van der Waals surface area contributed by atoms with Crippen LogP contribution in [0.4, 0.5) is 10.5 Å². The van der Waals surface area contributed by atoms with Gasteiger partial charge in [-0.1, -0.05) is 48.0 Å². The molecule has 1 atom stereocenters. The second-order valence-corrected chi connectivity index (χ2v) is 6.95. The van der Waals surface area contributed by atoms with Crippen LogP contribution < -0.4 is 16.4 Å². The smallest absolute Gasteiger partial charge is 0.321 e. The number of benzene rings is 2. The van der Waals surface area contributed by atoms with Crippen LogP contribution in [-0.2, 0) is 4.79 Å². The van der Waals surface area contributed by atoms with Crippen LogP contribution in [0.3, 0.4) is 0 Å². The Hall–Kier alpha value is -2.86. The van der Waals surface area contributed by atoms with Gasteiger partial charge in [-0.15, -0.1) is 0 Å². The maximum atomic E-state index is 12.4. The first kappa shape index (κ1) is 18.9. The topological polar surface area (TPSA) is 87.5 Å². The number of urea groups is 1. The molecule has 2 aromatic rings. The summed E-state index contributed by atoms with van der Waals surface area (Å²) in [5.41, 5.74) is 8.80. The largest absolute Gasteiger partial charge is 0.352 e. The molecule has 4 N–H and O–H groups in total. The molecule has 6 nitrogen and oxygen atoms in total. The molecule has 1 aliphatic heterocycles. The average Bonchev–Trinajstić information content (AvgIpc) is 2.69. The van der Waals surface area contributed by atoms with Crippen LogP contribution in [0.15, 0.2) is 54.6 Å². The summed E-state index contributed by atoms with van der Waals surface area (Å²) in [5.74, 6) is -0.175. The van der Waals surface area contributed by atoms with Crippen LogP contribution in [0.2, 0.25) is 0 Å². The minimum Gasteiger partial charge on any atom is -0.352 e. The summed E-state index contributed by atoms with van der Waals surface area (Å²) in [6, 6.07) is 16.3. The lowest BCUT2D eigenvalue weighted by Crippen LogP contribution is -2.49. The summed E-state index contributed by atoms with van der Waals surface area (Å²) in [7, 11) is 0. The molecule has 0 saturated carbocycles. The van der Waals surface area contributed by atoms with Crippen LogP contribution >= 0.6 is 0 Å². The molecule has 1 aliphatic rings. The Kier molecular flexibility index (Phi) is 6.08.